The molecule has 1 atom stereocenters. The Morgan fingerprint density at radius 2 is 1.87 bits per heavy atom. The van der Waals surface area contributed by atoms with Crippen LogP contribution >= 0.6 is 35.3 Å². The van der Waals surface area contributed by atoms with Gasteiger partial charge in [0.2, 0.25) is 0 Å². The highest BCUT2D eigenvalue weighted by atomic mass is 32.2. The van der Waals surface area contributed by atoms with Gasteiger partial charge < -0.3 is 15.7 Å². The van der Waals surface area contributed by atoms with Crippen LogP contribution in [0.2, 0.25) is 0 Å². The summed E-state index contributed by atoms with van der Waals surface area (Å²) < 4.78 is 0.851. The third kappa shape index (κ3) is 5.29. The van der Waals surface area contributed by atoms with Crippen molar-refractivity contribution in [3.05, 3.63) is 53.5 Å². The fourth-order valence-electron chi connectivity index (χ4n) is 2.67. The number of aromatic nitrogens is 1. The fourth-order valence-corrected chi connectivity index (χ4v) is 4.94. The highest BCUT2D eigenvalue weighted by molar-refractivity contribution is 8.15. The van der Waals surface area contributed by atoms with Crippen LogP contribution in [0.3, 0.4) is 0 Å². The van der Waals surface area contributed by atoms with Gasteiger partial charge in [-0.2, -0.15) is 0 Å². The Balaban J connectivity index is 1.35. The Kier molecular flexibility index (Phi) is 6.30. The first-order valence-corrected chi connectivity index (χ1v) is 11.2. The number of urea groups is 1. The van der Waals surface area contributed by atoms with Crippen LogP contribution in [0.4, 0.5) is 16.2 Å². The Morgan fingerprint density at radius 3 is 2.61 bits per heavy atom. The molecular formula is C19H16N6O3S3. The monoisotopic (exact) mass is 472 g/mol. The molecule has 2 aromatic carbocycles. The number of hydrazine groups is 1. The molecule has 4 rings (SSSR count). The zero-order valence-corrected chi connectivity index (χ0v) is 18.2. The Bertz CT molecular complexity index is 1180. The molecule has 0 aliphatic carbocycles. The third-order valence-electron chi connectivity index (χ3n) is 4.09. The molecule has 0 bridgehead atoms. The van der Waals surface area contributed by atoms with Crippen molar-refractivity contribution in [3.63, 3.8) is 0 Å². The van der Waals surface area contributed by atoms with E-state index in [2.05, 4.69) is 31.5 Å². The summed E-state index contributed by atoms with van der Waals surface area (Å²) in [5.74, 6) is -0.533. The fraction of sp³-hybridized carbons (Fsp3) is 0.105. The minimum absolute atomic E-state index is 0.249. The molecule has 5 N–H and O–H groups in total. The lowest BCUT2D eigenvalue weighted by atomic mass is 10.3. The number of nitrogens with zero attached hydrogens (tertiary/aromatic N) is 2. The Hall–Kier alpha value is -3.22. The number of carboxylic acids is 1. The second-order valence-corrected chi connectivity index (χ2v) is 8.77. The average Bonchev–Trinajstić information content (AvgIpc) is 3.40. The molecule has 0 saturated carbocycles. The van der Waals surface area contributed by atoms with Crippen molar-refractivity contribution in [1.29, 1.82) is 0 Å². The van der Waals surface area contributed by atoms with Crippen molar-refractivity contribution in [1.82, 2.24) is 15.8 Å². The predicted octanol–water partition coefficient (Wildman–Crippen LogP) is 3.27. The number of anilines is 2. The number of carbonyl (C=O) groups is 2. The van der Waals surface area contributed by atoms with E-state index < -0.39 is 18.0 Å². The standard InChI is InChI=1S/C19H16N6O3S3/c26-17(27)13-9-30-15(23-13)16-22-12-7-6-11(8-14(12)31-16)20-18(28)24-25-19(29)21-10-4-2-1-3-5-10/h1-8,13H,9H2,(H,26,27)(H2,20,24,28)(H2,21,25,29). The van der Waals surface area contributed by atoms with Gasteiger partial charge >= 0.3 is 12.0 Å². The summed E-state index contributed by atoms with van der Waals surface area (Å²) in [4.78, 5) is 32.0. The van der Waals surface area contributed by atoms with E-state index in [1.165, 1.54) is 23.1 Å². The number of thioether (sulfide) groups is 1. The number of rotatable bonds is 4. The van der Waals surface area contributed by atoms with E-state index in [4.69, 9.17) is 17.3 Å². The molecule has 0 saturated heterocycles. The number of hydrogen-bond donors (Lipinski definition) is 5. The van der Waals surface area contributed by atoms with Gasteiger partial charge in [-0.3, -0.25) is 10.4 Å². The largest absolute Gasteiger partial charge is 0.480 e. The molecule has 1 unspecified atom stereocenters. The lowest BCUT2D eigenvalue weighted by molar-refractivity contribution is -0.137. The summed E-state index contributed by atoms with van der Waals surface area (Å²) in [6, 6.07) is 13.4. The summed E-state index contributed by atoms with van der Waals surface area (Å²) >= 11 is 7.92. The van der Waals surface area contributed by atoms with E-state index in [1.807, 2.05) is 30.3 Å². The minimum atomic E-state index is -0.937. The minimum Gasteiger partial charge on any atom is -0.480 e. The first-order valence-electron chi connectivity index (χ1n) is 9.01. The molecule has 0 radical (unpaired) electrons. The Labute approximate surface area is 190 Å². The summed E-state index contributed by atoms with van der Waals surface area (Å²) in [6.07, 6.45) is 0. The van der Waals surface area contributed by atoms with Crippen LogP contribution in [0.1, 0.15) is 5.01 Å². The van der Waals surface area contributed by atoms with E-state index in [1.54, 1.807) is 18.2 Å². The van der Waals surface area contributed by atoms with E-state index >= 15 is 0 Å². The number of amides is 2. The summed E-state index contributed by atoms with van der Waals surface area (Å²) in [5.41, 5.74) is 7.22. The lowest BCUT2D eigenvalue weighted by Gasteiger charge is -2.12. The van der Waals surface area contributed by atoms with Crippen LogP contribution in [0.15, 0.2) is 53.5 Å². The van der Waals surface area contributed by atoms with Gasteiger partial charge in [0.1, 0.15) is 10.1 Å². The van der Waals surface area contributed by atoms with Crippen molar-refractivity contribution in [2.75, 3.05) is 16.4 Å². The van der Waals surface area contributed by atoms with Gasteiger partial charge in [0.25, 0.3) is 0 Å². The number of aliphatic imine (C=N–C) groups is 1. The second-order valence-electron chi connectivity index (χ2n) is 6.33. The highest BCUT2D eigenvalue weighted by Crippen LogP contribution is 2.31. The molecule has 1 aliphatic heterocycles. The molecule has 31 heavy (non-hydrogen) atoms. The number of thiazole rings is 1. The molecule has 2 heterocycles. The number of fused-ring (bicyclic) bond motifs is 1. The predicted molar refractivity (Wildman–Crippen MR) is 128 cm³/mol. The van der Waals surface area contributed by atoms with E-state index in [0.29, 0.717) is 21.5 Å². The number of carbonyl (C=O) groups excluding carboxylic acids is 1. The SMILES string of the molecule is O=C(NNC(=S)Nc1ccccc1)Nc1ccc2nc(C3=NC(C(=O)O)CS3)sc2c1. The van der Waals surface area contributed by atoms with E-state index in [9.17, 15) is 9.59 Å². The van der Waals surface area contributed by atoms with E-state index in [-0.39, 0.29) is 5.11 Å². The first-order chi connectivity index (χ1) is 15.0. The molecule has 1 aromatic heterocycles. The molecule has 9 nitrogen and oxygen atoms in total. The maximum absolute atomic E-state index is 12.2. The topological polar surface area (TPSA) is 128 Å². The molecule has 158 valence electrons. The van der Waals surface area contributed by atoms with Gasteiger partial charge in [-0.15, -0.1) is 23.1 Å². The van der Waals surface area contributed by atoms with Crippen LogP contribution in [0, 0.1) is 0 Å². The van der Waals surface area contributed by atoms with Gasteiger partial charge in [-0.1, -0.05) is 18.2 Å². The van der Waals surface area contributed by atoms with Gasteiger partial charge in [0.05, 0.1) is 10.2 Å². The number of hydrogen-bond acceptors (Lipinski definition) is 7. The summed E-state index contributed by atoms with van der Waals surface area (Å²) in [5, 5.41) is 16.3. The van der Waals surface area contributed by atoms with Crippen LogP contribution in [-0.2, 0) is 4.79 Å². The number of aliphatic carboxylic acids is 1. The van der Waals surface area contributed by atoms with Crippen molar-refractivity contribution in [2.24, 2.45) is 4.99 Å². The number of carboxylic acid groups (broad SMARTS) is 1. The maximum atomic E-state index is 12.2. The van der Waals surface area contributed by atoms with E-state index in [0.717, 1.165) is 15.9 Å². The maximum Gasteiger partial charge on any atom is 0.337 e. The molecule has 2 amide bonds. The molecule has 1 aliphatic rings. The van der Waals surface area contributed by atoms with Crippen LogP contribution in [-0.4, -0.2) is 44.0 Å². The van der Waals surface area contributed by atoms with Crippen molar-refractivity contribution in [2.45, 2.75) is 6.04 Å². The van der Waals surface area contributed by atoms with Gasteiger partial charge in [-0.25, -0.2) is 20.0 Å². The van der Waals surface area contributed by atoms with Crippen molar-refractivity contribution >= 4 is 79.1 Å². The van der Waals surface area contributed by atoms with Gasteiger partial charge in [-0.05, 0) is 42.5 Å². The van der Waals surface area contributed by atoms with Crippen LogP contribution < -0.4 is 21.5 Å². The zero-order chi connectivity index (χ0) is 21.8. The van der Waals surface area contributed by atoms with Crippen LogP contribution in [0.5, 0.6) is 0 Å². The van der Waals surface area contributed by atoms with Gasteiger partial charge in [0.15, 0.2) is 11.2 Å². The average molecular weight is 473 g/mol. The third-order valence-corrected chi connectivity index (χ3v) is 6.50. The molecule has 0 spiro atoms. The van der Waals surface area contributed by atoms with Crippen molar-refractivity contribution < 1.29 is 14.7 Å². The highest BCUT2D eigenvalue weighted by Gasteiger charge is 2.26. The number of thiocarbonyl (C=S) groups is 1. The molecule has 12 heteroatoms. The molecular weight excluding hydrogens is 456 g/mol. The smallest absolute Gasteiger partial charge is 0.337 e. The van der Waals surface area contributed by atoms with Crippen molar-refractivity contribution in [3.8, 4) is 0 Å². The Morgan fingerprint density at radius 1 is 1.06 bits per heavy atom. The lowest BCUT2D eigenvalue weighted by Crippen LogP contribution is -2.45. The number of nitrogens with one attached hydrogen (secondary N) is 4. The molecule has 0 fully saturated rings. The first kappa shape index (κ1) is 21.0. The normalized spacial score (nSPS) is 15.2. The number of benzene rings is 2. The summed E-state index contributed by atoms with van der Waals surface area (Å²) in [6.45, 7) is 0. The quantitative estimate of drug-likeness (QED) is 0.289. The second kappa shape index (κ2) is 9.29. The van der Waals surface area contributed by atoms with Crippen LogP contribution in [0.25, 0.3) is 10.2 Å². The molecule has 3 aromatic rings. The van der Waals surface area contributed by atoms with Gasteiger partial charge in [0, 0.05) is 17.1 Å². The number of para-hydroxylation sites is 1. The zero-order valence-electron chi connectivity index (χ0n) is 15.8. The summed E-state index contributed by atoms with van der Waals surface area (Å²) in [7, 11) is 0.